The van der Waals surface area contributed by atoms with Crippen LogP contribution in [0.1, 0.15) is 11.1 Å². The van der Waals surface area contributed by atoms with Crippen LogP contribution in [0.15, 0.2) is 23.1 Å². The standard InChI is InChI=1S/C11H12O2S/c1-13-11(12)8-5-7-3-2-4-10(14)9(7)6-8/h2-4,8,14H,5-6H2,1H3/t8-/m0/s1. The number of methoxy groups -OCH3 is 1. The Balaban J connectivity index is 2.26. The summed E-state index contributed by atoms with van der Waals surface area (Å²) in [5, 5.41) is 0. The first-order chi connectivity index (χ1) is 6.72. The second kappa shape index (κ2) is 3.65. The van der Waals surface area contributed by atoms with Crippen molar-refractivity contribution >= 4 is 18.6 Å². The molecule has 0 radical (unpaired) electrons. The molecule has 0 aliphatic heterocycles. The zero-order valence-electron chi connectivity index (χ0n) is 7.99. The average Bonchev–Trinajstić information content (AvgIpc) is 2.62. The number of ether oxygens (including phenoxy) is 1. The van der Waals surface area contributed by atoms with Gasteiger partial charge in [-0.15, -0.1) is 12.6 Å². The van der Waals surface area contributed by atoms with Gasteiger partial charge in [0, 0.05) is 4.90 Å². The van der Waals surface area contributed by atoms with Crippen molar-refractivity contribution in [1.29, 1.82) is 0 Å². The van der Waals surface area contributed by atoms with E-state index in [1.165, 1.54) is 18.2 Å². The van der Waals surface area contributed by atoms with Gasteiger partial charge in [-0.05, 0) is 30.0 Å². The summed E-state index contributed by atoms with van der Waals surface area (Å²) in [5.41, 5.74) is 2.43. The highest BCUT2D eigenvalue weighted by Crippen LogP contribution is 2.31. The molecule has 0 spiro atoms. The number of rotatable bonds is 1. The van der Waals surface area contributed by atoms with Crippen LogP contribution in [0.2, 0.25) is 0 Å². The second-order valence-corrected chi connectivity index (χ2v) is 4.02. The molecular weight excluding hydrogens is 196 g/mol. The van der Waals surface area contributed by atoms with Gasteiger partial charge in [0.15, 0.2) is 0 Å². The van der Waals surface area contributed by atoms with E-state index in [9.17, 15) is 4.79 Å². The van der Waals surface area contributed by atoms with Crippen LogP contribution in [0.3, 0.4) is 0 Å². The van der Waals surface area contributed by atoms with Crippen LogP contribution in [0.4, 0.5) is 0 Å². The van der Waals surface area contributed by atoms with Crippen LogP contribution >= 0.6 is 12.6 Å². The molecule has 1 aromatic rings. The lowest BCUT2D eigenvalue weighted by Crippen LogP contribution is -2.15. The van der Waals surface area contributed by atoms with Crippen molar-refractivity contribution in [1.82, 2.24) is 0 Å². The number of carbonyl (C=O) groups excluding carboxylic acids is 1. The van der Waals surface area contributed by atoms with Gasteiger partial charge in [0.2, 0.25) is 0 Å². The van der Waals surface area contributed by atoms with Crippen molar-refractivity contribution in [2.75, 3.05) is 7.11 Å². The fourth-order valence-corrected chi connectivity index (χ4v) is 2.29. The molecule has 0 aromatic heterocycles. The number of fused-ring (bicyclic) bond motifs is 1. The topological polar surface area (TPSA) is 26.3 Å². The van der Waals surface area contributed by atoms with E-state index in [4.69, 9.17) is 4.74 Å². The van der Waals surface area contributed by atoms with Crippen molar-refractivity contribution in [3.8, 4) is 0 Å². The Morgan fingerprint density at radius 1 is 1.50 bits per heavy atom. The Bertz CT molecular complexity index is 374. The SMILES string of the molecule is COC(=O)[C@H]1Cc2cccc(S)c2C1. The van der Waals surface area contributed by atoms with Gasteiger partial charge in [-0.3, -0.25) is 4.79 Å². The van der Waals surface area contributed by atoms with Crippen molar-refractivity contribution in [2.45, 2.75) is 17.7 Å². The third-order valence-electron chi connectivity index (χ3n) is 2.70. The molecule has 2 nitrogen and oxygen atoms in total. The van der Waals surface area contributed by atoms with Crippen LogP contribution < -0.4 is 0 Å². The molecule has 1 atom stereocenters. The minimum atomic E-state index is -0.117. The fourth-order valence-electron chi connectivity index (χ4n) is 1.97. The molecule has 1 aromatic carbocycles. The summed E-state index contributed by atoms with van der Waals surface area (Å²) in [5.74, 6) is -0.128. The van der Waals surface area contributed by atoms with E-state index in [-0.39, 0.29) is 11.9 Å². The third-order valence-corrected chi connectivity index (χ3v) is 3.12. The highest BCUT2D eigenvalue weighted by molar-refractivity contribution is 7.80. The maximum Gasteiger partial charge on any atom is 0.309 e. The smallest absolute Gasteiger partial charge is 0.309 e. The molecule has 0 N–H and O–H groups in total. The van der Waals surface area contributed by atoms with E-state index in [2.05, 4.69) is 18.7 Å². The number of hydrogen-bond donors (Lipinski definition) is 1. The van der Waals surface area contributed by atoms with E-state index in [0.717, 1.165) is 17.7 Å². The van der Waals surface area contributed by atoms with Crippen LogP contribution in [0, 0.1) is 5.92 Å². The minimum Gasteiger partial charge on any atom is -0.469 e. The first-order valence-electron chi connectivity index (χ1n) is 4.60. The monoisotopic (exact) mass is 208 g/mol. The summed E-state index contributed by atoms with van der Waals surface area (Å²) in [6, 6.07) is 5.99. The third kappa shape index (κ3) is 1.52. The zero-order valence-corrected chi connectivity index (χ0v) is 8.88. The number of esters is 1. The maximum atomic E-state index is 11.3. The largest absolute Gasteiger partial charge is 0.469 e. The predicted molar refractivity (Wildman–Crippen MR) is 56.6 cm³/mol. The highest BCUT2D eigenvalue weighted by Gasteiger charge is 2.28. The molecule has 1 aliphatic rings. The van der Waals surface area contributed by atoms with E-state index < -0.39 is 0 Å². The lowest BCUT2D eigenvalue weighted by Gasteiger charge is -2.04. The van der Waals surface area contributed by atoms with E-state index >= 15 is 0 Å². The first-order valence-corrected chi connectivity index (χ1v) is 5.04. The van der Waals surface area contributed by atoms with Crippen LogP contribution in [0.25, 0.3) is 0 Å². The zero-order chi connectivity index (χ0) is 10.1. The fraction of sp³-hybridized carbons (Fsp3) is 0.364. The van der Waals surface area contributed by atoms with E-state index in [1.807, 2.05) is 12.1 Å². The normalized spacial score (nSPS) is 19.1. The molecule has 0 bridgehead atoms. The molecule has 0 saturated carbocycles. The Morgan fingerprint density at radius 2 is 2.29 bits per heavy atom. The van der Waals surface area contributed by atoms with Gasteiger partial charge in [0.1, 0.15) is 0 Å². The molecule has 0 saturated heterocycles. The van der Waals surface area contributed by atoms with E-state index in [1.54, 1.807) is 0 Å². The molecule has 74 valence electrons. The molecule has 1 aliphatic carbocycles. The summed E-state index contributed by atoms with van der Waals surface area (Å²) >= 11 is 4.37. The maximum absolute atomic E-state index is 11.3. The minimum absolute atomic E-state index is 0.0108. The molecule has 2 rings (SSSR count). The van der Waals surface area contributed by atoms with Crippen molar-refractivity contribution < 1.29 is 9.53 Å². The number of hydrogen-bond acceptors (Lipinski definition) is 3. The van der Waals surface area contributed by atoms with Crippen LogP contribution in [-0.4, -0.2) is 13.1 Å². The van der Waals surface area contributed by atoms with Crippen molar-refractivity contribution in [2.24, 2.45) is 5.92 Å². The quantitative estimate of drug-likeness (QED) is 0.563. The molecular formula is C11H12O2S. The van der Waals surface area contributed by atoms with Gasteiger partial charge in [0.05, 0.1) is 13.0 Å². The average molecular weight is 208 g/mol. The van der Waals surface area contributed by atoms with Gasteiger partial charge in [-0.1, -0.05) is 12.1 Å². The molecule has 0 amide bonds. The van der Waals surface area contributed by atoms with Crippen molar-refractivity contribution in [3.63, 3.8) is 0 Å². The molecule has 0 fully saturated rings. The predicted octanol–water partition coefficient (Wildman–Crippen LogP) is 1.86. The summed E-state index contributed by atoms with van der Waals surface area (Å²) in [4.78, 5) is 12.3. The van der Waals surface area contributed by atoms with Gasteiger partial charge >= 0.3 is 5.97 Å². The molecule has 0 unspecified atom stereocenters. The number of thiol groups is 1. The van der Waals surface area contributed by atoms with Gasteiger partial charge < -0.3 is 4.74 Å². The Labute approximate surface area is 88.7 Å². The Hall–Kier alpha value is -0.960. The molecule has 3 heteroatoms. The van der Waals surface area contributed by atoms with Gasteiger partial charge in [0.25, 0.3) is 0 Å². The van der Waals surface area contributed by atoms with Gasteiger partial charge in [-0.2, -0.15) is 0 Å². The Kier molecular flexibility index (Phi) is 2.50. The summed E-state index contributed by atoms with van der Waals surface area (Å²) in [6.07, 6.45) is 1.55. The lowest BCUT2D eigenvalue weighted by atomic mass is 10.1. The van der Waals surface area contributed by atoms with Crippen LogP contribution in [-0.2, 0) is 22.4 Å². The lowest BCUT2D eigenvalue weighted by molar-refractivity contribution is -0.145. The summed E-state index contributed by atoms with van der Waals surface area (Å²) in [7, 11) is 1.44. The summed E-state index contributed by atoms with van der Waals surface area (Å²) < 4.78 is 4.74. The van der Waals surface area contributed by atoms with Gasteiger partial charge in [-0.25, -0.2) is 0 Å². The molecule has 14 heavy (non-hydrogen) atoms. The second-order valence-electron chi connectivity index (χ2n) is 3.54. The van der Waals surface area contributed by atoms with Crippen LogP contribution in [0.5, 0.6) is 0 Å². The number of carbonyl (C=O) groups is 1. The van der Waals surface area contributed by atoms with Crippen molar-refractivity contribution in [3.05, 3.63) is 29.3 Å². The first kappa shape index (κ1) is 9.59. The number of benzene rings is 1. The summed E-state index contributed by atoms with van der Waals surface area (Å²) in [6.45, 7) is 0. The highest BCUT2D eigenvalue weighted by atomic mass is 32.1. The Morgan fingerprint density at radius 3 is 2.93 bits per heavy atom. The molecule has 0 heterocycles. The van der Waals surface area contributed by atoms with E-state index in [0.29, 0.717) is 0 Å².